The van der Waals surface area contributed by atoms with Crippen molar-refractivity contribution in [1.29, 1.82) is 0 Å². The molecule has 0 bridgehead atoms. The Hall–Kier alpha value is -2.84. The Balaban J connectivity index is 1.95. The first-order valence-electron chi connectivity index (χ1n) is 8.66. The van der Waals surface area contributed by atoms with E-state index in [1.54, 1.807) is 0 Å². The monoisotopic (exact) mass is 397 g/mol. The molecule has 0 saturated carbocycles. The third kappa shape index (κ3) is 2.46. The average molecular weight is 398 g/mol. The fraction of sp³-hybridized carbons (Fsp3) is 0. The fourth-order valence-electron chi connectivity index (χ4n) is 3.71. The lowest BCUT2D eigenvalue weighted by atomic mass is 9.95. The minimum absolute atomic E-state index is 1.10. The summed E-state index contributed by atoms with van der Waals surface area (Å²) in [6, 6.07) is 32.1. The summed E-state index contributed by atoms with van der Waals surface area (Å²) in [5.74, 6) is 0. The summed E-state index contributed by atoms with van der Waals surface area (Å²) in [7, 11) is 0. The van der Waals surface area contributed by atoms with Gasteiger partial charge in [0.1, 0.15) is 0 Å². The van der Waals surface area contributed by atoms with Gasteiger partial charge in [-0.1, -0.05) is 88.7 Å². The first-order chi connectivity index (χ1) is 12.8. The molecule has 1 aromatic heterocycles. The lowest BCUT2D eigenvalue weighted by Gasteiger charge is -2.07. The molecule has 0 amide bonds. The number of nitrogens with one attached hydrogen (secondary N) is 1. The number of halogens is 1. The van der Waals surface area contributed by atoms with Gasteiger partial charge in [-0.25, -0.2) is 0 Å². The minimum Gasteiger partial charge on any atom is -0.354 e. The number of aromatic nitrogens is 1. The second-order valence-electron chi connectivity index (χ2n) is 6.46. The summed E-state index contributed by atoms with van der Waals surface area (Å²) in [5, 5.41) is 3.78. The molecule has 1 heterocycles. The second-order valence-corrected chi connectivity index (χ2v) is 7.38. The topological polar surface area (TPSA) is 15.8 Å². The van der Waals surface area contributed by atoms with Gasteiger partial charge in [0.05, 0.1) is 5.69 Å². The quantitative estimate of drug-likeness (QED) is 0.319. The molecule has 0 unspecified atom stereocenters. The van der Waals surface area contributed by atoms with Crippen LogP contribution in [-0.2, 0) is 0 Å². The maximum absolute atomic E-state index is 3.67. The first kappa shape index (κ1) is 15.4. The molecule has 124 valence electrons. The van der Waals surface area contributed by atoms with Gasteiger partial charge in [-0.2, -0.15) is 0 Å². The fourth-order valence-corrected chi connectivity index (χ4v) is 4.09. The van der Waals surface area contributed by atoms with Crippen LogP contribution in [0.2, 0.25) is 0 Å². The van der Waals surface area contributed by atoms with Crippen LogP contribution in [0.1, 0.15) is 0 Å². The highest BCUT2D eigenvalue weighted by atomic mass is 79.9. The summed E-state index contributed by atoms with van der Waals surface area (Å²) in [6.07, 6.45) is 0. The minimum atomic E-state index is 1.10. The van der Waals surface area contributed by atoms with Crippen molar-refractivity contribution in [3.63, 3.8) is 0 Å². The Kier molecular flexibility index (Phi) is 3.65. The largest absolute Gasteiger partial charge is 0.354 e. The Bertz CT molecular complexity index is 1220. The van der Waals surface area contributed by atoms with E-state index in [1.807, 2.05) is 0 Å². The van der Waals surface area contributed by atoms with Crippen LogP contribution in [0.4, 0.5) is 0 Å². The van der Waals surface area contributed by atoms with Crippen molar-refractivity contribution < 1.29 is 0 Å². The van der Waals surface area contributed by atoms with Gasteiger partial charge in [0.15, 0.2) is 0 Å². The molecule has 5 rings (SSSR count). The van der Waals surface area contributed by atoms with Crippen LogP contribution < -0.4 is 0 Å². The van der Waals surface area contributed by atoms with E-state index in [2.05, 4.69) is 112 Å². The van der Waals surface area contributed by atoms with Gasteiger partial charge in [0.25, 0.3) is 0 Å². The second kappa shape index (κ2) is 6.15. The van der Waals surface area contributed by atoms with Gasteiger partial charge in [-0.3, -0.25) is 0 Å². The maximum Gasteiger partial charge on any atom is 0.0544 e. The normalized spacial score (nSPS) is 11.3. The zero-order valence-corrected chi connectivity index (χ0v) is 15.6. The number of hydrogen-bond donors (Lipinski definition) is 1. The molecule has 0 saturated heterocycles. The van der Waals surface area contributed by atoms with Crippen LogP contribution in [0, 0.1) is 0 Å². The molecular formula is C24H16BrN. The molecule has 0 fully saturated rings. The molecule has 4 aromatic carbocycles. The summed E-state index contributed by atoms with van der Waals surface area (Å²) >= 11 is 3.59. The van der Waals surface area contributed by atoms with E-state index in [9.17, 15) is 0 Å². The van der Waals surface area contributed by atoms with Crippen molar-refractivity contribution in [3.05, 3.63) is 95.5 Å². The maximum atomic E-state index is 3.67. The molecule has 26 heavy (non-hydrogen) atoms. The van der Waals surface area contributed by atoms with Gasteiger partial charge in [0.2, 0.25) is 0 Å². The van der Waals surface area contributed by atoms with Crippen LogP contribution in [0.3, 0.4) is 0 Å². The van der Waals surface area contributed by atoms with E-state index >= 15 is 0 Å². The summed E-state index contributed by atoms with van der Waals surface area (Å²) in [4.78, 5) is 3.67. The van der Waals surface area contributed by atoms with E-state index in [1.165, 1.54) is 38.5 Å². The predicted octanol–water partition coefficient (Wildman–Crippen LogP) is 7.42. The number of hydrogen-bond acceptors (Lipinski definition) is 0. The number of rotatable bonds is 2. The highest BCUT2D eigenvalue weighted by Gasteiger charge is 2.17. The first-order valence-corrected chi connectivity index (χ1v) is 9.45. The Morgan fingerprint density at radius 2 is 1.35 bits per heavy atom. The van der Waals surface area contributed by atoms with Crippen molar-refractivity contribution in [3.8, 4) is 22.4 Å². The highest BCUT2D eigenvalue weighted by molar-refractivity contribution is 9.10. The molecular weight excluding hydrogens is 382 g/mol. The molecule has 0 spiro atoms. The third-order valence-corrected chi connectivity index (χ3v) is 5.36. The van der Waals surface area contributed by atoms with Crippen molar-refractivity contribution in [2.24, 2.45) is 0 Å². The predicted molar refractivity (Wildman–Crippen MR) is 114 cm³/mol. The summed E-state index contributed by atoms with van der Waals surface area (Å²) in [5.41, 5.74) is 6.03. The van der Waals surface area contributed by atoms with E-state index in [0.717, 1.165) is 9.99 Å². The molecule has 0 radical (unpaired) electrons. The Labute approximate surface area is 160 Å². The van der Waals surface area contributed by atoms with Gasteiger partial charge in [-0.05, 0) is 40.1 Å². The highest BCUT2D eigenvalue weighted by Crippen LogP contribution is 2.41. The van der Waals surface area contributed by atoms with E-state index in [0.29, 0.717) is 0 Å². The number of fused-ring (bicyclic) bond motifs is 3. The van der Waals surface area contributed by atoms with Crippen molar-refractivity contribution in [1.82, 2.24) is 4.98 Å². The van der Waals surface area contributed by atoms with Crippen molar-refractivity contribution in [2.75, 3.05) is 0 Å². The lowest BCUT2D eigenvalue weighted by molar-refractivity contribution is 1.45. The van der Waals surface area contributed by atoms with Gasteiger partial charge < -0.3 is 4.98 Å². The van der Waals surface area contributed by atoms with E-state index in [-0.39, 0.29) is 0 Å². The SMILES string of the molecule is Brc1ccc2c(ccc3[nH]c(-c4ccccc4)c(-c4ccccc4)c32)c1. The third-order valence-electron chi connectivity index (χ3n) is 4.87. The molecule has 0 aliphatic rings. The van der Waals surface area contributed by atoms with Crippen molar-refractivity contribution in [2.45, 2.75) is 0 Å². The van der Waals surface area contributed by atoms with Crippen LogP contribution in [0.25, 0.3) is 44.1 Å². The number of benzene rings is 4. The number of aromatic amines is 1. The zero-order chi connectivity index (χ0) is 17.5. The molecule has 0 atom stereocenters. The smallest absolute Gasteiger partial charge is 0.0544 e. The van der Waals surface area contributed by atoms with Gasteiger partial charge in [-0.15, -0.1) is 0 Å². The van der Waals surface area contributed by atoms with Crippen molar-refractivity contribution >= 4 is 37.6 Å². The summed E-state index contributed by atoms with van der Waals surface area (Å²) < 4.78 is 1.10. The average Bonchev–Trinajstić information content (AvgIpc) is 3.09. The Morgan fingerprint density at radius 1 is 0.654 bits per heavy atom. The summed E-state index contributed by atoms with van der Waals surface area (Å²) in [6.45, 7) is 0. The van der Waals surface area contributed by atoms with Crippen LogP contribution in [-0.4, -0.2) is 4.98 Å². The molecule has 2 heteroatoms. The standard InChI is InChI=1S/C24H16BrN/c25-19-12-13-20-18(15-19)11-14-21-23(20)22(16-7-3-1-4-8-16)24(26-21)17-9-5-2-6-10-17/h1-15,26H. The molecule has 5 aromatic rings. The number of H-pyrrole nitrogens is 1. The lowest BCUT2D eigenvalue weighted by Crippen LogP contribution is -1.83. The van der Waals surface area contributed by atoms with Crippen LogP contribution in [0.5, 0.6) is 0 Å². The van der Waals surface area contributed by atoms with Gasteiger partial charge >= 0.3 is 0 Å². The van der Waals surface area contributed by atoms with E-state index < -0.39 is 0 Å². The Morgan fingerprint density at radius 3 is 2.08 bits per heavy atom. The zero-order valence-electron chi connectivity index (χ0n) is 14.0. The molecule has 1 N–H and O–H groups in total. The molecule has 0 aliphatic carbocycles. The van der Waals surface area contributed by atoms with Crippen LogP contribution >= 0.6 is 15.9 Å². The van der Waals surface area contributed by atoms with E-state index in [4.69, 9.17) is 0 Å². The molecule has 1 nitrogen and oxygen atoms in total. The molecule has 0 aliphatic heterocycles. The van der Waals surface area contributed by atoms with Crippen LogP contribution in [0.15, 0.2) is 95.5 Å². The van der Waals surface area contributed by atoms with Gasteiger partial charge in [0, 0.05) is 20.9 Å².